The van der Waals surface area contributed by atoms with E-state index < -0.39 is 0 Å². The number of aryl methyl sites for hydroxylation is 1. The van der Waals surface area contributed by atoms with Crippen molar-refractivity contribution in [2.75, 3.05) is 0 Å². The Labute approximate surface area is 129 Å². The fourth-order valence-corrected chi connectivity index (χ4v) is 3.71. The fourth-order valence-electron chi connectivity index (χ4n) is 3.71. The number of pyridine rings is 1. The molecule has 112 valence electrons. The minimum absolute atomic E-state index is 0.144. The molecule has 22 heavy (non-hydrogen) atoms. The summed E-state index contributed by atoms with van der Waals surface area (Å²) in [6, 6.07) is 6.12. The summed E-state index contributed by atoms with van der Waals surface area (Å²) in [7, 11) is 0. The second-order valence-corrected chi connectivity index (χ2v) is 6.07. The molecule has 2 aromatic heterocycles. The molecule has 2 aromatic rings. The van der Waals surface area contributed by atoms with Crippen molar-refractivity contribution in [3.05, 3.63) is 53.4 Å². The highest BCUT2D eigenvalue weighted by Crippen LogP contribution is 2.43. The number of carbonyl (C=O) groups excluding carboxylic acids is 1. The third-order valence-corrected chi connectivity index (χ3v) is 4.66. The van der Waals surface area contributed by atoms with Gasteiger partial charge in [0.05, 0.1) is 18.2 Å². The molecule has 0 aromatic carbocycles. The molecule has 4 heterocycles. The van der Waals surface area contributed by atoms with Gasteiger partial charge in [-0.25, -0.2) is 9.97 Å². The van der Waals surface area contributed by atoms with E-state index in [1.165, 1.54) is 0 Å². The van der Waals surface area contributed by atoms with Gasteiger partial charge in [-0.3, -0.25) is 9.78 Å². The van der Waals surface area contributed by atoms with Crippen molar-refractivity contribution in [2.45, 2.75) is 44.7 Å². The average molecular weight is 294 g/mol. The number of aromatic nitrogens is 3. The standard InChI is InChI=1S/C17H18N4O/c1-11-19-10-14-15(20-11)9-13-5-6-16(14)21(13)17(22)8-12-4-2-3-7-18-12/h2-4,7,10,13,16H,5-6,8-9H2,1H3. The number of hydrogen-bond donors (Lipinski definition) is 0. The van der Waals surface area contributed by atoms with Crippen LogP contribution in [0, 0.1) is 6.92 Å². The summed E-state index contributed by atoms with van der Waals surface area (Å²) in [6.07, 6.45) is 6.93. The summed E-state index contributed by atoms with van der Waals surface area (Å²) in [4.78, 5) is 28.0. The van der Waals surface area contributed by atoms with E-state index in [4.69, 9.17) is 0 Å². The van der Waals surface area contributed by atoms with E-state index in [1.807, 2.05) is 31.3 Å². The largest absolute Gasteiger partial charge is 0.332 e. The van der Waals surface area contributed by atoms with Crippen molar-refractivity contribution in [1.82, 2.24) is 19.9 Å². The Hall–Kier alpha value is -2.30. The van der Waals surface area contributed by atoms with Crippen LogP contribution in [0.4, 0.5) is 0 Å². The van der Waals surface area contributed by atoms with Crippen LogP contribution in [0.25, 0.3) is 0 Å². The molecule has 0 spiro atoms. The summed E-state index contributed by atoms with van der Waals surface area (Å²) < 4.78 is 0. The highest BCUT2D eigenvalue weighted by atomic mass is 16.2. The molecule has 2 aliphatic heterocycles. The maximum atomic E-state index is 12.8. The minimum atomic E-state index is 0.144. The van der Waals surface area contributed by atoms with Crippen molar-refractivity contribution in [3.8, 4) is 0 Å². The van der Waals surface area contributed by atoms with E-state index in [1.54, 1.807) is 6.20 Å². The molecule has 1 amide bonds. The molecule has 2 atom stereocenters. The Balaban J connectivity index is 1.61. The molecule has 0 saturated carbocycles. The second-order valence-electron chi connectivity index (χ2n) is 6.07. The van der Waals surface area contributed by atoms with E-state index in [0.29, 0.717) is 6.42 Å². The third kappa shape index (κ3) is 2.17. The molecular formula is C17H18N4O. The van der Waals surface area contributed by atoms with Crippen molar-refractivity contribution in [3.63, 3.8) is 0 Å². The highest BCUT2D eigenvalue weighted by Gasteiger charge is 2.43. The topological polar surface area (TPSA) is 59.0 Å². The van der Waals surface area contributed by atoms with Crippen molar-refractivity contribution < 1.29 is 4.79 Å². The van der Waals surface area contributed by atoms with Crippen LogP contribution in [0.5, 0.6) is 0 Å². The van der Waals surface area contributed by atoms with Crippen LogP contribution in [0.2, 0.25) is 0 Å². The average Bonchev–Trinajstić information content (AvgIpc) is 2.84. The molecule has 0 aliphatic carbocycles. The lowest BCUT2D eigenvalue weighted by molar-refractivity contribution is -0.134. The monoisotopic (exact) mass is 294 g/mol. The summed E-state index contributed by atoms with van der Waals surface area (Å²) in [5.41, 5.74) is 3.09. The van der Waals surface area contributed by atoms with Crippen LogP contribution in [0.3, 0.4) is 0 Å². The second kappa shape index (κ2) is 5.16. The Morgan fingerprint density at radius 2 is 2.23 bits per heavy atom. The van der Waals surface area contributed by atoms with E-state index in [-0.39, 0.29) is 18.0 Å². The number of carbonyl (C=O) groups is 1. The van der Waals surface area contributed by atoms with Crippen LogP contribution >= 0.6 is 0 Å². The molecular weight excluding hydrogens is 276 g/mol. The number of fused-ring (bicyclic) bond motifs is 4. The van der Waals surface area contributed by atoms with E-state index in [2.05, 4.69) is 19.9 Å². The van der Waals surface area contributed by atoms with Gasteiger partial charge in [-0.1, -0.05) is 6.07 Å². The van der Waals surface area contributed by atoms with Crippen LogP contribution in [0.15, 0.2) is 30.6 Å². The third-order valence-electron chi connectivity index (χ3n) is 4.66. The first-order valence-electron chi connectivity index (χ1n) is 7.76. The van der Waals surface area contributed by atoms with Gasteiger partial charge in [-0.2, -0.15) is 0 Å². The van der Waals surface area contributed by atoms with Gasteiger partial charge in [0.15, 0.2) is 0 Å². The summed E-state index contributed by atoms with van der Waals surface area (Å²) in [5, 5.41) is 0. The van der Waals surface area contributed by atoms with Gasteiger partial charge in [0.2, 0.25) is 5.91 Å². The van der Waals surface area contributed by atoms with Gasteiger partial charge < -0.3 is 4.90 Å². The predicted octanol–water partition coefficient (Wildman–Crippen LogP) is 2.01. The van der Waals surface area contributed by atoms with Gasteiger partial charge in [-0.05, 0) is 31.9 Å². The van der Waals surface area contributed by atoms with Crippen LogP contribution in [-0.4, -0.2) is 31.8 Å². The molecule has 0 N–H and O–H groups in total. The van der Waals surface area contributed by atoms with Gasteiger partial charge in [0, 0.05) is 36.1 Å². The molecule has 0 radical (unpaired) electrons. The number of hydrogen-bond acceptors (Lipinski definition) is 4. The first kappa shape index (κ1) is 13.4. The van der Waals surface area contributed by atoms with Gasteiger partial charge in [0.1, 0.15) is 5.82 Å². The first-order chi connectivity index (χ1) is 10.7. The first-order valence-corrected chi connectivity index (χ1v) is 7.76. The van der Waals surface area contributed by atoms with Crippen molar-refractivity contribution in [1.29, 1.82) is 0 Å². The fraction of sp³-hybridized carbons (Fsp3) is 0.412. The lowest BCUT2D eigenvalue weighted by Crippen LogP contribution is -2.43. The van der Waals surface area contributed by atoms with Gasteiger partial charge in [0.25, 0.3) is 0 Å². The van der Waals surface area contributed by atoms with Crippen molar-refractivity contribution in [2.24, 2.45) is 0 Å². The van der Waals surface area contributed by atoms with E-state index in [9.17, 15) is 4.79 Å². The summed E-state index contributed by atoms with van der Waals surface area (Å²) >= 11 is 0. The number of amides is 1. The molecule has 4 rings (SSSR count). The highest BCUT2D eigenvalue weighted by molar-refractivity contribution is 5.80. The van der Waals surface area contributed by atoms with Crippen LogP contribution < -0.4 is 0 Å². The number of rotatable bonds is 2. The Morgan fingerprint density at radius 3 is 3.05 bits per heavy atom. The predicted molar refractivity (Wildman–Crippen MR) is 81.0 cm³/mol. The maximum Gasteiger partial charge on any atom is 0.229 e. The zero-order valence-corrected chi connectivity index (χ0v) is 12.6. The minimum Gasteiger partial charge on any atom is -0.332 e. The Morgan fingerprint density at radius 1 is 1.32 bits per heavy atom. The quantitative estimate of drug-likeness (QED) is 0.850. The van der Waals surface area contributed by atoms with Crippen LogP contribution in [-0.2, 0) is 17.6 Å². The normalized spacial score (nSPS) is 22.5. The van der Waals surface area contributed by atoms with E-state index in [0.717, 1.165) is 42.0 Å². The molecule has 2 bridgehead atoms. The molecule has 1 fully saturated rings. The summed E-state index contributed by atoms with van der Waals surface area (Å²) in [5.74, 6) is 0.976. The lowest BCUT2D eigenvalue weighted by atomic mass is 9.98. The maximum absolute atomic E-state index is 12.8. The molecule has 1 saturated heterocycles. The van der Waals surface area contributed by atoms with Crippen molar-refractivity contribution >= 4 is 5.91 Å². The van der Waals surface area contributed by atoms with Crippen LogP contribution in [0.1, 0.15) is 41.7 Å². The zero-order valence-electron chi connectivity index (χ0n) is 12.6. The Kier molecular flexibility index (Phi) is 3.13. The SMILES string of the molecule is Cc1ncc2c(n1)CC1CCC2N1C(=O)Cc1ccccn1. The molecule has 5 heteroatoms. The van der Waals surface area contributed by atoms with Gasteiger partial charge in [-0.15, -0.1) is 0 Å². The molecule has 2 aliphatic rings. The van der Waals surface area contributed by atoms with E-state index >= 15 is 0 Å². The Bertz CT molecular complexity index is 716. The molecule has 2 unspecified atom stereocenters. The lowest BCUT2D eigenvalue weighted by Gasteiger charge is -2.35. The zero-order chi connectivity index (χ0) is 15.1. The summed E-state index contributed by atoms with van der Waals surface area (Å²) in [6.45, 7) is 1.92. The number of nitrogens with zero attached hydrogens (tertiary/aromatic N) is 4. The smallest absolute Gasteiger partial charge is 0.229 e. The molecule has 5 nitrogen and oxygen atoms in total. The van der Waals surface area contributed by atoms with Gasteiger partial charge >= 0.3 is 0 Å².